The van der Waals surface area contributed by atoms with Crippen LogP contribution in [0.1, 0.15) is 24.3 Å². The van der Waals surface area contributed by atoms with Crippen LogP contribution in [0.15, 0.2) is 89.7 Å². The molecule has 0 radical (unpaired) electrons. The van der Waals surface area contributed by atoms with E-state index in [1.807, 2.05) is 54.6 Å². The summed E-state index contributed by atoms with van der Waals surface area (Å²) >= 11 is 0. The summed E-state index contributed by atoms with van der Waals surface area (Å²) in [7, 11) is 0. The van der Waals surface area contributed by atoms with Crippen LogP contribution >= 0.6 is 0 Å². The minimum Gasteiger partial charge on any atom is -0.440 e. The summed E-state index contributed by atoms with van der Waals surface area (Å²) in [5, 5.41) is 0. The minimum atomic E-state index is -0.523. The van der Waals surface area contributed by atoms with Gasteiger partial charge in [-0.25, -0.2) is 4.98 Å². The standard InChI is InChI=1S/C23H18N2O2/c1-16(26)22(23-25-15-21(27-23)19-11-13-24-14-12-19)20-9-7-18(8-10-20)17-5-3-2-4-6-17/h2-15,22H,1H3. The molecule has 27 heavy (non-hydrogen) atoms. The molecule has 1 atom stereocenters. The number of hydrogen-bond donors (Lipinski definition) is 0. The van der Waals surface area contributed by atoms with Crippen molar-refractivity contribution in [2.24, 2.45) is 0 Å². The molecule has 0 bridgehead atoms. The molecule has 0 saturated heterocycles. The molecule has 0 amide bonds. The molecule has 132 valence electrons. The van der Waals surface area contributed by atoms with E-state index in [1.54, 1.807) is 25.5 Å². The lowest BCUT2D eigenvalue weighted by molar-refractivity contribution is -0.117. The summed E-state index contributed by atoms with van der Waals surface area (Å²) in [5.74, 6) is 0.498. The highest BCUT2D eigenvalue weighted by atomic mass is 16.4. The fraction of sp³-hybridized carbons (Fsp3) is 0.0870. The summed E-state index contributed by atoms with van der Waals surface area (Å²) in [6.07, 6.45) is 5.05. The predicted molar refractivity (Wildman–Crippen MR) is 104 cm³/mol. The maximum absolute atomic E-state index is 12.3. The van der Waals surface area contributed by atoms with Crippen molar-refractivity contribution in [1.29, 1.82) is 0 Å². The number of Topliss-reactive ketones (excluding diaryl/α,β-unsaturated/α-hetero) is 1. The predicted octanol–water partition coefficient (Wildman–Crippen LogP) is 5.12. The van der Waals surface area contributed by atoms with Gasteiger partial charge in [-0.15, -0.1) is 0 Å². The van der Waals surface area contributed by atoms with Crippen LogP contribution in [0.4, 0.5) is 0 Å². The number of hydrogen-bond acceptors (Lipinski definition) is 4. The minimum absolute atomic E-state index is 0.00871. The topological polar surface area (TPSA) is 56.0 Å². The Hall–Kier alpha value is -3.53. The van der Waals surface area contributed by atoms with E-state index in [1.165, 1.54) is 0 Å². The molecule has 4 heteroatoms. The molecule has 0 fully saturated rings. The van der Waals surface area contributed by atoms with Crippen LogP contribution in [0.5, 0.6) is 0 Å². The maximum Gasteiger partial charge on any atom is 0.209 e. The Bertz CT molecular complexity index is 1040. The molecule has 4 nitrogen and oxygen atoms in total. The van der Waals surface area contributed by atoms with Gasteiger partial charge in [0.1, 0.15) is 11.7 Å². The molecule has 2 aromatic heterocycles. The Balaban J connectivity index is 1.66. The highest BCUT2D eigenvalue weighted by molar-refractivity contribution is 5.86. The highest BCUT2D eigenvalue weighted by Gasteiger charge is 2.24. The van der Waals surface area contributed by atoms with Gasteiger partial charge >= 0.3 is 0 Å². The number of ketones is 1. The number of aromatic nitrogens is 2. The van der Waals surface area contributed by atoms with Crippen molar-refractivity contribution < 1.29 is 9.21 Å². The summed E-state index contributed by atoms with van der Waals surface area (Å²) in [6, 6.07) is 21.8. The van der Waals surface area contributed by atoms with E-state index in [9.17, 15) is 4.79 Å². The van der Waals surface area contributed by atoms with Gasteiger partial charge in [0.15, 0.2) is 5.76 Å². The van der Waals surface area contributed by atoms with Gasteiger partial charge in [0, 0.05) is 18.0 Å². The van der Waals surface area contributed by atoms with Gasteiger partial charge in [0.25, 0.3) is 0 Å². The van der Waals surface area contributed by atoms with Crippen LogP contribution in [0.25, 0.3) is 22.5 Å². The van der Waals surface area contributed by atoms with Gasteiger partial charge in [-0.2, -0.15) is 0 Å². The van der Waals surface area contributed by atoms with E-state index in [0.29, 0.717) is 11.7 Å². The van der Waals surface area contributed by atoms with E-state index in [0.717, 1.165) is 22.3 Å². The third-order valence-corrected chi connectivity index (χ3v) is 4.49. The van der Waals surface area contributed by atoms with E-state index in [-0.39, 0.29) is 5.78 Å². The van der Waals surface area contributed by atoms with E-state index in [2.05, 4.69) is 22.1 Å². The van der Waals surface area contributed by atoms with Crippen molar-refractivity contribution in [3.8, 4) is 22.5 Å². The summed E-state index contributed by atoms with van der Waals surface area (Å²) in [4.78, 5) is 20.7. The van der Waals surface area contributed by atoms with Gasteiger partial charge in [-0.05, 0) is 35.7 Å². The van der Waals surface area contributed by atoms with Gasteiger partial charge in [-0.1, -0.05) is 54.6 Å². The number of carbonyl (C=O) groups excluding carboxylic acids is 1. The maximum atomic E-state index is 12.3. The molecule has 4 rings (SSSR count). The van der Waals surface area contributed by atoms with Gasteiger partial charge in [0.05, 0.1) is 6.20 Å². The monoisotopic (exact) mass is 354 g/mol. The Morgan fingerprint density at radius 1 is 0.852 bits per heavy atom. The molecule has 4 aromatic rings. The summed E-state index contributed by atoms with van der Waals surface area (Å²) < 4.78 is 5.90. The van der Waals surface area contributed by atoms with Gasteiger partial charge in [0.2, 0.25) is 5.89 Å². The molecule has 0 saturated carbocycles. The van der Waals surface area contributed by atoms with Crippen molar-refractivity contribution in [3.05, 3.63) is 96.8 Å². The fourth-order valence-electron chi connectivity index (χ4n) is 3.12. The Morgan fingerprint density at radius 2 is 1.52 bits per heavy atom. The number of pyridine rings is 1. The summed E-state index contributed by atoms with van der Waals surface area (Å²) in [5.41, 5.74) is 3.99. The lowest BCUT2D eigenvalue weighted by atomic mass is 9.93. The van der Waals surface area contributed by atoms with Gasteiger partial charge < -0.3 is 4.42 Å². The molecule has 1 unspecified atom stereocenters. The number of oxazole rings is 1. The third-order valence-electron chi connectivity index (χ3n) is 4.49. The SMILES string of the molecule is CC(=O)C(c1ccc(-c2ccccc2)cc1)c1ncc(-c2ccncc2)o1. The van der Waals surface area contributed by atoms with Crippen molar-refractivity contribution in [1.82, 2.24) is 9.97 Å². The molecule has 0 aliphatic carbocycles. The second kappa shape index (κ2) is 7.38. The van der Waals surface area contributed by atoms with Crippen LogP contribution in [0, 0.1) is 0 Å². The van der Waals surface area contributed by atoms with Gasteiger partial charge in [-0.3, -0.25) is 9.78 Å². The van der Waals surface area contributed by atoms with Crippen LogP contribution in [-0.2, 0) is 4.79 Å². The van der Waals surface area contributed by atoms with Crippen LogP contribution in [0.2, 0.25) is 0 Å². The second-order valence-corrected chi connectivity index (χ2v) is 6.33. The normalized spacial score (nSPS) is 11.9. The van der Waals surface area contributed by atoms with Crippen molar-refractivity contribution in [2.45, 2.75) is 12.8 Å². The van der Waals surface area contributed by atoms with E-state index in [4.69, 9.17) is 4.42 Å². The highest BCUT2D eigenvalue weighted by Crippen LogP contribution is 2.30. The fourth-order valence-corrected chi connectivity index (χ4v) is 3.12. The first-order chi connectivity index (χ1) is 13.2. The molecule has 0 N–H and O–H groups in total. The van der Waals surface area contributed by atoms with E-state index >= 15 is 0 Å². The number of nitrogens with zero attached hydrogens (tertiary/aromatic N) is 2. The third kappa shape index (κ3) is 3.55. The van der Waals surface area contributed by atoms with Crippen LogP contribution in [-0.4, -0.2) is 15.8 Å². The lowest BCUT2D eigenvalue weighted by Gasteiger charge is -2.11. The largest absolute Gasteiger partial charge is 0.440 e. The molecular formula is C23H18N2O2. The van der Waals surface area contributed by atoms with Crippen molar-refractivity contribution in [2.75, 3.05) is 0 Å². The van der Waals surface area contributed by atoms with Crippen LogP contribution < -0.4 is 0 Å². The molecule has 2 aromatic carbocycles. The average molecular weight is 354 g/mol. The second-order valence-electron chi connectivity index (χ2n) is 6.33. The molecule has 0 spiro atoms. The first-order valence-corrected chi connectivity index (χ1v) is 8.74. The zero-order valence-electron chi connectivity index (χ0n) is 14.9. The first kappa shape index (κ1) is 16.9. The zero-order valence-corrected chi connectivity index (χ0v) is 14.9. The van der Waals surface area contributed by atoms with Crippen molar-refractivity contribution >= 4 is 5.78 Å². The quantitative estimate of drug-likeness (QED) is 0.499. The summed E-state index contributed by atoms with van der Waals surface area (Å²) in [6.45, 7) is 1.56. The smallest absolute Gasteiger partial charge is 0.209 e. The number of benzene rings is 2. The van der Waals surface area contributed by atoms with Crippen molar-refractivity contribution in [3.63, 3.8) is 0 Å². The molecule has 0 aliphatic rings. The average Bonchev–Trinajstić information content (AvgIpc) is 3.19. The first-order valence-electron chi connectivity index (χ1n) is 8.74. The Morgan fingerprint density at radius 3 is 2.19 bits per heavy atom. The lowest BCUT2D eigenvalue weighted by Crippen LogP contribution is -2.10. The number of carbonyl (C=O) groups is 1. The Kier molecular flexibility index (Phi) is 4.62. The van der Waals surface area contributed by atoms with E-state index < -0.39 is 5.92 Å². The zero-order chi connectivity index (χ0) is 18.6. The molecular weight excluding hydrogens is 336 g/mol. The molecule has 2 heterocycles. The number of rotatable bonds is 5. The van der Waals surface area contributed by atoms with Crippen LogP contribution in [0.3, 0.4) is 0 Å². The molecule has 0 aliphatic heterocycles. The Labute approximate surface area is 157 Å².